The molecule has 0 saturated carbocycles. The lowest BCUT2D eigenvalue weighted by atomic mass is 10.2. The molecule has 1 atom stereocenters. The molecule has 0 bridgehead atoms. The van der Waals surface area contributed by atoms with Crippen LogP contribution in [0.4, 0.5) is 11.4 Å². The summed E-state index contributed by atoms with van der Waals surface area (Å²) in [5.74, 6) is 2.08. The van der Waals surface area contributed by atoms with Crippen molar-refractivity contribution in [2.24, 2.45) is 0 Å². The van der Waals surface area contributed by atoms with Crippen LogP contribution in [0.1, 0.15) is 6.92 Å². The van der Waals surface area contributed by atoms with E-state index in [9.17, 15) is 9.59 Å². The van der Waals surface area contributed by atoms with Crippen molar-refractivity contribution >= 4 is 35.0 Å². The highest BCUT2D eigenvalue weighted by Gasteiger charge is 2.21. The molecule has 1 aromatic carbocycles. The largest absolute Gasteiger partial charge is 0.494 e. The second kappa shape index (κ2) is 7.33. The van der Waals surface area contributed by atoms with Crippen molar-refractivity contribution in [3.05, 3.63) is 18.2 Å². The molecule has 0 aliphatic carbocycles. The first-order valence-electron chi connectivity index (χ1n) is 6.68. The number of ether oxygens (including phenoxy) is 1. The van der Waals surface area contributed by atoms with Crippen LogP contribution in [0.5, 0.6) is 5.75 Å². The van der Waals surface area contributed by atoms with Crippen LogP contribution < -0.4 is 20.7 Å². The minimum absolute atomic E-state index is 0.0588. The molecule has 21 heavy (non-hydrogen) atoms. The molecule has 1 unspecified atom stereocenters. The van der Waals surface area contributed by atoms with E-state index in [1.165, 1.54) is 14.0 Å². The number of benzene rings is 1. The minimum Gasteiger partial charge on any atom is -0.494 e. The van der Waals surface area contributed by atoms with Gasteiger partial charge in [0.25, 0.3) is 0 Å². The third-order valence-corrected chi connectivity index (χ3v) is 4.08. The smallest absolute Gasteiger partial charge is 0.242 e. The number of methoxy groups -OCH3 is 1. The molecule has 1 aromatic rings. The summed E-state index contributed by atoms with van der Waals surface area (Å²) in [4.78, 5) is 23.2. The molecule has 3 N–H and O–H groups in total. The number of rotatable bonds is 4. The number of amides is 2. The zero-order valence-corrected chi connectivity index (χ0v) is 12.9. The van der Waals surface area contributed by atoms with Gasteiger partial charge in [-0.05, 0) is 12.1 Å². The SMILES string of the molecule is COc1cc(NC(=O)C2CSCCN2)ccc1NC(C)=O. The molecule has 7 heteroatoms. The van der Waals surface area contributed by atoms with Crippen molar-refractivity contribution in [2.75, 3.05) is 35.8 Å². The number of nitrogens with one attached hydrogen (secondary N) is 3. The fourth-order valence-corrected chi connectivity index (χ4v) is 2.96. The van der Waals surface area contributed by atoms with Gasteiger partial charge in [0.1, 0.15) is 5.75 Å². The van der Waals surface area contributed by atoms with Gasteiger partial charge in [0.05, 0.1) is 18.8 Å². The second-order valence-corrected chi connectivity index (χ2v) is 5.82. The summed E-state index contributed by atoms with van der Waals surface area (Å²) in [6.45, 7) is 2.27. The van der Waals surface area contributed by atoms with Gasteiger partial charge in [0.15, 0.2) is 0 Å². The summed E-state index contributed by atoms with van der Waals surface area (Å²) in [6.07, 6.45) is 0. The predicted molar refractivity (Wildman–Crippen MR) is 85.0 cm³/mol. The maximum atomic E-state index is 12.1. The van der Waals surface area contributed by atoms with Crippen molar-refractivity contribution in [1.82, 2.24) is 5.32 Å². The van der Waals surface area contributed by atoms with E-state index in [1.807, 2.05) is 0 Å². The summed E-state index contributed by atoms with van der Waals surface area (Å²) in [5.41, 5.74) is 1.22. The molecule has 1 aliphatic heterocycles. The van der Waals surface area contributed by atoms with Crippen molar-refractivity contribution in [3.63, 3.8) is 0 Å². The van der Waals surface area contributed by atoms with Crippen LogP contribution in [0, 0.1) is 0 Å². The second-order valence-electron chi connectivity index (χ2n) is 4.67. The maximum absolute atomic E-state index is 12.1. The number of thioether (sulfide) groups is 1. The maximum Gasteiger partial charge on any atom is 0.242 e. The Labute approximate surface area is 128 Å². The van der Waals surface area contributed by atoms with Crippen LogP contribution >= 0.6 is 11.8 Å². The van der Waals surface area contributed by atoms with Crippen molar-refractivity contribution in [1.29, 1.82) is 0 Å². The first-order chi connectivity index (χ1) is 10.1. The Bertz CT molecular complexity index is 530. The first kappa shape index (κ1) is 15.7. The average molecular weight is 309 g/mol. The van der Waals surface area contributed by atoms with E-state index in [0.29, 0.717) is 17.1 Å². The van der Waals surface area contributed by atoms with Crippen LogP contribution in [-0.2, 0) is 9.59 Å². The average Bonchev–Trinajstić information content (AvgIpc) is 2.49. The van der Waals surface area contributed by atoms with E-state index in [2.05, 4.69) is 16.0 Å². The Hall–Kier alpha value is -1.73. The molecule has 0 spiro atoms. The van der Waals surface area contributed by atoms with Gasteiger partial charge in [0, 0.05) is 36.7 Å². The van der Waals surface area contributed by atoms with Gasteiger partial charge in [-0.3, -0.25) is 9.59 Å². The Balaban J connectivity index is 2.06. The Morgan fingerprint density at radius 3 is 2.81 bits per heavy atom. The zero-order chi connectivity index (χ0) is 15.2. The van der Waals surface area contributed by atoms with Crippen molar-refractivity contribution in [2.45, 2.75) is 13.0 Å². The van der Waals surface area contributed by atoms with Crippen molar-refractivity contribution in [3.8, 4) is 5.75 Å². The highest BCUT2D eigenvalue weighted by Crippen LogP contribution is 2.28. The van der Waals surface area contributed by atoms with Crippen LogP contribution in [-0.4, -0.2) is 43.0 Å². The van der Waals surface area contributed by atoms with Gasteiger partial charge in [-0.25, -0.2) is 0 Å². The number of carbonyl (C=O) groups is 2. The topological polar surface area (TPSA) is 79.5 Å². The summed E-state index contributed by atoms with van der Waals surface area (Å²) in [7, 11) is 1.52. The van der Waals surface area contributed by atoms with Gasteiger partial charge in [-0.2, -0.15) is 11.8 Å². The summed E-state index contributed by atoms with van der Waals surface area (Å²) in [5, 5.41) is 8.72. The highest BCUT2D eigenvalue weighted by atomic mass is 32.2. The van der Waals surface area contributed by atoms with Gasteiger partial charge >= 0.3 is 0 Å². The lowest BCUT2D eigenvalue weighted by Gasteiger charge is -2.22. The molecule has 114 valence electrons. The monoisotopic (exact) mass is 309 g/mol. The third-order valence-electron chi connectivity index (χ3n) is 3.02. The normalized spacial score (nSPS) is 17.9. The minimum atomic E-state index is -0.176. The molecule has 1 saturated heterocycles. The molecular formula is C14H19N3O3S. The molecule has 0 radical (unpaired) electrons. The molecule has 1 heterocycles. The molecule has 1 fully saturated rings. The van der Waals surface area contributed by atoms with Gasteiger partial charge in [0.2, 0.25) is 11.8 Å². The zero-order valence-electron chi connectivity index (χ0n) is 12.1. The number of hydrogen-bond acceptors (Lipinski definition) is 5. The highest BCUT2D eigenvalue weighted by molar-refractivity contribution is 7.99. The van der Waals surface area contributed by atoms with Crippen LogP contribution in [0.2, 0.25) is 0 Å². The first-order valence-corrected chi connectivity index (χ1v) is 7.83. The quantitative estimate of drug-likeness (QED) is 0.781. The number of carbonyl (C=O) groups excluding carboxylic acids is 2. The van der Waals surface area contributed by atoms with E-state index in [4.69, 9.17) is 4.74 Å². The van der Waals surface area contributed by atoms with E-state index in [1.54, 1.807) is 30.0 Å². The van der Waals surface area contributed by atoms with Gasteiger partial charge in [-0.1, -0.05) is 0 Å². The summed E-state index contributed by atoms with van der Waals surface area (Å²) < 4.78 is 5.23. The number of hydrogen-bond donors (Lipinski definition) is 3. The van der Waals surface area contributed by atoms with Crippen LogP contribution in [0.25, 0.3) is 0 Å². The van der Waals surface area contributed by atoms with E-state index >= 15 is 0 Å². The Kier molecular flexibility index (Phi) is 5.46. The molecule has 2 rings (SSSR count). The fourth-order valence-electron chi connectivity index (χ4n) is 2.03. The standard InChI is InChI=1S/C14H19N3O3S/c1-9(18)16-11-4-3-10(7-13(11)20-2)17-14(19)12-8-21-6-5-15-12/h3-4,7,12,15H,5-6,8H2,1-2H3,(H,16,18)(H,17,19). The number of anilines is 2. The molecule has 0 aromatic heterocycles. The Morgan fingerprint density at radius 2 is 2.19 bits per heavy atom. The fraction of sp³-hybridized carbons (Fsp3) is 0.429. The third kappa shape index (κ3) is 4.37. The lowest BCUT2D eigenvalue weighted by Crippen LogP contribution is -2.46. The van der Waals surface area contributed by atoms with Crippen LogP contribution in [0.3, 0.4) is 0 Å². The van der Waals surface area contributed by atoms with E-state index in [0.717, 1.165) is 18.1 Å². The molecule has 1 aliphatic rings. The van der Waals surface area contributed by atoms with Gasteiger partial charge in [-0.15, -0.1) is 0 Å². The van der Waals surface area contributed by atoms with Crippen LogP contribution in [0.15, 0.2) is 18.2 Å². The van der Waals surface area contributed by atoms with Gasteiger partial charge < -0.3 is 20.7 Å². The summed E-state index contributed by atoms with van der Waals surface area (Å²) >= 11 is 1.76. The molecule has 6 nitrogen and oxygen atoms in total. The molecular weight excluding hydrogens is 290 g/mol. The molecule has 2 amide bonds. The van der Waals surface area contributed by atoms with E-state index < -0.39 is 0 Å². The predicted octanol–water partition coefficient (Wildman–Crippen LogP) is 1.30. The lowest BCUT2D eigenvalue weighted by molar-refractivity contribution is -0.117. The van der Waals surface area contributed by atoms with E-state index in [-0.39, 0.29) is 17.9 Å². The Morgan fingerprint density at radius 1 is 1.38 bits per heavy atom. The summed E-state index contributed by atoms with van der Waals surface area (Å²) in [6, 6.07) is 4.96. The van der Waals surface area contributed by atoms with Crippen molar-refractivity contribution < 1.29 is 14.3 Å².